The van der Waals surface area contributed by atoms with Gasteiger partial charge in [-0.3, -0.25) is 9.59 Å². The molecule has 16 heavy (non-hydrogen) atoms. The molecular formula is C10H20O6. The Bertz CT molecular complexity index is 191. The van der Waals surface area contributed by atoms with Gasteiger partial charge >= 0.3 is 11.9 Å². The molecule has 0 saturated heterocycles. The highest BCUT2D eigenvalue weighted by Gasteiger charge is 2.13. The second-order valence-electron chi connectivity index (χ2n) is 4.12. The molecule has 0 rings (SSSR count). The van der Waals surface area contributed by atoms with E-state index in [-0.39, 0.29) is 37.9 Å². The average Bonchev–Trinajstić information content (AvgIpc) is 2.18. The Morgan fingerprint density at radius 2 is 1.25 bits per heavy atom. The Morgan fingerprint density at radius 1 is 0.938 bits per heavy atom. The molecule has 4 N–H and O–H groups in total. The van der Waals surface area contributed by atoms with Crippen LogP contribution in [0.1, 0.15) is 33.1 Å². The molecule has 96 valence electrons. The SMILES string of the molecule is CC(C)(CO)CO.O=C(O)CCCC(=O)O. The summed E-state index contributed by atoms with van der Waals surface area (Å²) in [5.41, 5.74) is -0.306. The molecule has 0 unspecified atom stereocenters. The van der Waals surface area contributed by atoms with E-state index in [2.05, 4.69) is 0 Å². The van der Waals surface area contributed by atoms with Gasteiger partial charge in [0, 0.05) is 18.3 Å². The molecule has 6 heteroatoms. The van der Waals surface area contributed by atoms with E-state index in [1.807, 2.05) is 0 Å². The minimum absolute atomic E-state index is 0.0451. The second kappa shape index (κ2) is 9.11. The standard InChI is InChI=1S/C5H8O4.C5H12O2/c6-4(7)2-1-3-5(8)9;1-5(2,3-6)4-7/h1-3H2,(H,6,7)(H,8,9);6-7H,3-4H2,1-2H3. The van der Waals surface area contributed by atoms with E-state index in [9.17, 15) is 9.59 Å². The molecule has 0 aliphatic rings. The maximum Gasteiger partial charge on any atom is 0.303 e. The number of hydrogen-bond acceptors (Lipinski definition) is 4. The van der Waals surface area contributed by atoms with Gasteiger partial charge in [-0.05, 0) is 6.42 Å². The Hall–Kier alpha value is -1.14. The van der Waals surface area contributed by atoms with E-state index < -0.39 is 11.9 Å². The maximum atomic E-state index is 9.79. The van der Waals surface area contributed by atoms with E-state index in [1.165, 1.54) is 0 Å². The quantitative estimate of drug-likeness (QED) is 0.528. The van der Waals surface area contributed by atoms with Crippen molar-refractivity contribution in [3.8, 4) is 0 Å². The average molecular weight is 236 g/mol. The van der Waals surface area contributed by atoms with Gasteiger partial charge in [0.25, 0.3) is 0 Å². The summed E-state index contributed by atoms with van der Waals surface area (Å²) in [5, 5.41) is 32.9. The molecule has 0 aliphatic heterocycles. The highest BCUT2D eigenvalue weighted by atomic mass is 16.4. The summed E-state index contributed by atoms with van der Waals surface area (Å²) in [7, 11) is 0. The van der Waals surface area contributed by atoms with Gasteiger partial charge < -0.3 is 20.4 Å². The van der Waals surface area contributed by atoms with Crippen LogP contribution in [0.25, 0.3) is 0 Å². The van der Waals surface area contributed by atoms with Crippen molar-refractivity contribution in [1.82, 2.24) is 0 Å². The van der Waals surface area contributed by atoms with Crippen LogP contribution in [0.2, 0.25) is 0 Å². The van der Waals surface area contributed by atoms with Crippen molar-refractivity contribution in [3.63, 3.8) is 0 Å². The minimum Gasteiger partial charge on any atom is -0.481 e. The number of rotatable bonds is 6. The van der Waals surface area contributed by atoms with Crippen LogP contribution >= 0.6 is 0 Å². The smallest absolute Gasteiger partial charge is 0.303 e. The van der Waals surface area contributed by atoms with Crippen molar-refractivity contribution >= 4 is 11.9 Å². The molecule has 0 spiro atoms. The maximum absolute atomic E-state index is 9.79. The van der Waals surface area contributed by atoms with Gasteiger partial charge in [0.15, 0.2) is 0 Å². The fourth-order valence-corrected chi connectivity index (χ4v) is 0.441. The molecule has 0 aliphatic carbocycles. The highest BCUT2D eigenvalue weighted by Crippen LogP contribution is 2.10. The van der Waals surface area contributed by atoms with Gasteiger partial charge in [0.1, 0.15) is 0 Å². The fraction of sp³-hybridized carbons (Fsp3) is 0.800. The van der Waals surface area contributed by atoms with E-state index in [1.54, 1.807) is 13.8 Å². The molecule has 0 amide bonds. The molecule has 0 atom stereocenters. The Morgan fingerprint density at radius 3 is 1.38 bits per heavy atom. The number of aliphatic hydroxyl groups excluding tert-OH is 2. The third kappa shape index (κ3) is 15.3. The lowest BCUT2D eigenvalue weighted by Crippen LogP contribution is -2.20. The summed E-state index contributed by atoms with van der Waals surface area (Å²) < 4.78 is 0. The van der Waals surface area contributed by atoms with Crippen LogP contribution < -0.4 is 0 Å². The second-order valence-corrected chi connectivity index (χ2v) is 4.12. The molecule has 0 aromatic heterocycles. The predicted octanol–water partition coefficient (Wildman–Crippen LogP) is 0.323. The Labute approximate surface area is 94.5 Å². The van der Waals surface area contributed by atoms with Gasteiger partial charge in [0.2, 0.25) is 0 Å². The monoisotopic (exact) mass is 236 g/mol. The van der Waals surface area contributed by atoms with Crippen molar-refractivity contribution < 1.29 is 30.0 Å². The summed E-state index contributed by atoms with van der Waals surface area (Å²) in [6.07, 6.45) is 0.0866. The number of carbonyl (C=O) groups is 2. The molecule has 0 aromatic rings. The summed E-state index contributed by atoms with van der Waals surface area (Å²) in [5.74, 6) is -1.90. The number of carboxylic acid groups (broad SMARTS) is 2. The summed E-state index contributed by atoms with van der Waals surface area (Å²) in [4.78, 5) is 19.6. The normalized spacial score (nSPS) is 10.2. The van der Waals surface area contributed by atoms with Gasteiger partial charge in [-0.1, -0.05) is 13.8 Å². The molecule has 0 bridgehead atoms. The van der Waals surface area contributed by atoms with Crippen LogP contribution in [0.4, 0.5) is 0 Å². The van der Waals surface area contributed by atoms with Crippen LogP contribution in [-0.2, 0) is 9.59 Å². The third-order valence-electron chi connectivity index (χ3n) is 1.64. The van der Waals surface area contributed by atoms with E-state index in [0.717, 1.165) is 0 Å². The first-order valence-electron chi connectivity index (χ1n) is 4.90. The molecule has 0 saturated carbocycles. The van der Waals surface area contributed by atoms with Gasteiger partial charge in [0.05, 0.1) is 13.2 Å². The van der Waals surface area contributed by atoms with Gasteiger partial charge in [-0.2, -0.15) is 0 Å². The first-order chi connectivity index (χ1) is 7.25. The molecule has 0 radical (unpaired) electrons. The van der Waals surface area contributed by atoms with Crippen LogP contribution in [0.15, 0.2) is 0 Å². The van der Waals surface area contributed by atoms with Crippen molar-refractivity contribution in [2.75, 3.05) is 13.2 Å². The third-order valence-corrected chi connectivity index (χ3v) is 1.64. The van der Waals surface area contributed by atoms with Crippen LogP contribution in [0, 0.1) is 5.41 Å². The van der Waals surface area contributed by atoms with Crippen molar-refractivity contribution in [2.45, 2.75) is 33.1 Å². The zero-order valence-corrected chi connectivity index (χ0v) is 9.64. The van der Waals surface area contributed by atoms with E-state index in [4.69, 9.17) is 20.4 Å². The van der Waals surface area contributed by atoms with Crippen molar-refractivity contribution in [3.05, 3.63) is 0 Å². The number of hydrogen-bond donors (Lipinski definition) is 4. The largest absolute Gasteiger partial charge is 0.481 e. The van der Waals surface area contributed by atoms with Gasteiger partial charge in [-0.15, -0.1) is 0 Å². The molecule has 6 nitrogen and oxygen atoms in total. The lowest BCUT2D eigenvalue weighted by molar-refractivity contribution is -0.138. The van der Waals surface area contributed by atoms with Crippen LogP contribution in [-0.4, -0.2) is 45.6 Å². The zero-order valence-electron chi connectivity index (χ0n) is 9.64. The van der Waals surface area contributed by atoms with Crippen molar-refractivity contribution in [1.29, 1.82) is 0 Å². The highest BCUT2D eigenvalue weighted by molar-refractivity contribution is 5.69. The molecule has 0 fully saturated rings. The zero-order chi connectivity index (χ0) is 13.2. The van der Waals surface area contributed by atoms with E-state index in [0.29, 0.717) is 0 Å². The van der Waals surface area contributed by atoms with Crippen molar-refractivity contribution in [2.24, 2.45) is 5.41 Å². The number of aliphatic hydroxyl groups is 2. The van der Waals surface area contributed by atoms with Crippen LogP contribution in [0.5, 0.6) is 0 Å². The number of aliphatic carboxylic acids is 2. The fourth-order valence-electron chi connectivity index (χ4n) is 0.441. The topological polar surface area (TPSA) is 115 Å². The molecule has 0 heterocycles. The lowest BCUT2D eigenvalue weighted by Gasteiger charge is -2.16. The first-order valence-corrected chi connectivity index (χ1v) is 4.90. The molecule has 0 aromatic carbocycles. The van der Waals surface area contributed by atoms with Gasteiger partial charge in [-0.25, -0.2) is 0 Å². The minimum atomic E-state index is -0.948. The summed E-state index contributed by atoms with van der Waals surface area (Å²) in [6, 6.07) is 0. The summed E-state index contributed by atoms with van der Waals surface area (Å²) in [6.45, 7) is 3.69. The summed E-state index contributed by atoms with van der Waals surface area (Å²) >= 11 is 0. The Kier molecular flexibility index (Phi) is 9.83. The lowest BCUT2D eigenvalue weighted by atomic mass is 9.97. The predicted molar refractivity (Wildman–Crippen MR) is 57.1 cm³/mol. The molecular weight excluding hydrogens is 216 g/mol. The Balaban J connectivity index is 0. The van der Waals surface area contributed by atoms with E-state index >= 15 is 0 Å². The van der Waals surface area contributed by atoms with Crippen LogP contribution in [0.3, 0.4) is 0 Å². The number of carboxylic acids is 2. The first kappa shape index (κ1) is 17.3.